The second-order valence-electron chi connectivity index (χ2n) is 8.45. The summed E-state index contributed by atoms with van der Waals surface area (Å²) in [6, 6.07) is 9.61. The number of ether oxygens (including phenoxy) is 1. The summed E-state index contributed by atoms with van der Waals surface area (Å²) in [6.07, 6.45) is 2.55. The van der Waals surface area contributed by atoms with Crippen molar-refractivity contribution >= 4 is 43.1 Å². The molecule has 1 saturated heterocycles. The highest BCUT2D eigenvalue weighted by molar-refractivity contribution is 7.92. The maximum absolute atomic E-state index is 13.8. The zero-order chi connectivity index (χ0) is 22.5. The molecule has 0 atom stereocenters. The van der Waals surface area contributed by atoms with Gasteiger partial charge in [0.15, 0.2) is 15.7 Å². The van der Waals surface area contributed by atoms with Gasteiger partial charge in [0.05, 0.1) is 26.4 Å². The molecular formula is C23H23FN4O3S. The van der Waals surface area contributed by atoms with E-state index in [0.29, 0.717) is 69.8 Å². The summed E-state index contributed by atoms with van der Waals surface area (Å²) >= 11 is 0. The SMILES string of the molecule is Cc1cc2nccc(Nc3n[nH]c4ccc(F)cc34)c2cc1S(=O)(=O)C1(C)CCOCC1. The molecule has 1 fully saturated rings. The summed E-state index contributed by atoms with van der Waals surface area (Å²) in [7, 11) is -3.61. The lowest BCUT2D eigenvalue weighted by atomic mass is 10.0. The Morgan fingerprint density at radius 1 is 1.12 bits per heavy atom. The third kappa shape index (κ3) is 3.32. The van der Waals surface area contributed by atoms with Gasteiger partial charge >= 0.3 is 0 Å². The largest absolute Gasteiger partial charge is 0.381 e. The molecule has 1 aliphatic rings. The number of sulfone groups is 1. The van der Waals surface area contributed by atoms with E-state index in [-0.39, 0.29) is 5.82 Å². The van der Waals surface area contributed by atoms with E-state index in [0.717, 1.165) is 0 Å². The smallest absolute Gasteiger partial charge is 0.184 e. The van der Waals surface area contributed by atoms with Crippen molar-refractivity contribution in [3.05, 3.63) is 54.0 Å². The van der Waals surface area contributed by atoms with Crippen LogP contribution in [0.1, 0.15) is 25.3 Å². The molecule has 0 radical (unpaired) electrons. The highest BCUT2D eigenvalue weighted by atomic mass is 32.2. The Morgan fingerprint density at radius 3 is 2.69 bits per heavy atom. The first-order chi connectivity index (χ1) is 15.3. The van der Waals surface area contributed by atoms with Crippen LogP contribution in [0, 0.1) is 12.7 Å². The van der Waals surface area contributed by atoms with Crippen LogP contribution in [0.15, 0.2) is 47.5 Å². The average molecular weight is 455 g/mol. The summed E-state index contributed by atoms with van der Waals surface area (Å²) < 4.78 is 45.6. The molecule has 2 N–H and O–H groups in total. The summed E-state index contributed by atoms with van der Waals surface area (Å²) in [5.41, 5.74) is 2.65. The van der Waals surface area contributed by atoms with Gasteiger partial charge in [0.25, 0.3) is 0 Å². The molecule has 9 heteroatoms. The Morgan fingerprint density at radius 2 is 1.91 bits per heavy atom. The van der Waals surface area contributed by atoms with Gasteiger partial charge in [0, 0.05) is 30.2 Å². The molecule has 3 heterocycles. The molecule has 4 aromatic rings. The lowest BCUT2D eigenvalue weighted by Crippen LogP contribution is -2.41. The van der Waals surface area contributed by atoms with Crippen LogP contribution >= 0.6 is 0 Å². The highest BCUT2D eigenvalue weighted by Gasteiger charge is 2.42. The molecule has 0 saturated carbocycles. The van der Waals surface area contributed by atoms with Gasteiger partial charge in [-0.2, -0.15) is 5.10 Å². The number of nitrogens with one attached hydrogen (secondary N) is 2. The maximum Gasteiger partial charge on any atom is 0.184 e. The van der Waals surface area contributed by atoms with E-state index in [1.54, 1.807) is 44.3 Å². The molecule has 0 spiro atoms. The average Bonchev–Trinajstić information content (AvgIpc) is 3.15. The maximum atomic E-state index is 13.8. The number of halogens is 1. The van der Waals surface area contributed by atoms with Crippen LogP contribution in [-0.2, 0) is 14.6 Å². The number of anilines is 2. The van der Waals surface area contributed by atoms with Crippen LogP contribution < -0.4 is 5.32 Å². The predicted molar refractivity (Wildman–Crippen MR) is 121 cm³/mol. The lowest BCUT2D eigenvalue weighted by Gasteiger charge is -2.33. The van der Waals surface area contributed by atoms with Gasteiger partial charge in [-0.25, -0.2) is 12.8 Å². The molecule has 0 amide bonds. The van der Waals surface area contributed by atoms with Crippen molar-refractivity contribution in [3.8, 4) is 0 Å². The molecule has 2 aromatic heterocycles. The summed E-state index contributed by atoms with van der Waals surface area (Å²) in [5, 5.41) is 11.6. The number of rotatable bonds is 4. The molecule has 32 heavy (non-hydrogen) atoms. The molecule has 5 rings (SSSR count). The summed E-state index contributed by atoms with van der Waals surface area (Å²) in [6.45, 7) is 4.45. The monoisotopic (exact) mass is 454 g/mol. The van der Waals surface area contributed by atoms with E-state index in [4.69, 9.17) is 4.74 Å². The minimum Gasteiger partial charge on any atom is -0.381 e. The Hall–Kier alpha value is -3.04. The molecule has 0 aliphatic carbocycles. The predicted octanol–water partition coefficient (Wildman–Crippen LogP) is 4.65. The number of hydrogen-bond donors (Lipinski definition) is 2. The molecule has 1 aliphatic heterocycles. The third-order valence-corrected chi connectivity index (χ3v) is 9.03. The Labute approximate surface area is 184 Å². The van der Waals surface area contributed by atoms with Gasteiger partial charge in [0.2, 0.25) is 0 Å². The topological polar surface area (TPSA) is 97.0 Å². The van der Waals surface area contributed by atoms with Crippen LogP contribution in [0.25, 0.3) is 21.8 Å². The minimum atomic E-state index is -3.61. The Kier molecular flexibility index (Phi) is 4.90. The Bertz CT molecular complexity index is 1440. The van der Waals surface area contributed by atoms with Crippen molar-refractivity contribution in [1.29, 1.82) is 0 Å². The van der Waals surface area contributed by atoms with Gasteiger partial charge in [-0.3, -0.25) is 10.1 Å². The van der Waals surface area contributed by atoms with Crippen molar-refractivity contribution in [3.63, 3.8) is 0 Å². The second-order valence-corrected chi connectivity index (χ2v) is 10.9. The van der Waals surface area contributed by atoms with Crippen LogP contribution in [0.4, 0.5) is 15.9 Å². The number of H-pyrrole nitrogens is 1. The van der Waals surface area contributed by atoms with Gasteiger partial charge in [-0.15, -0.1) is 0 Å². The number of pyridine rings is 1. The van der Waals surface area contributed by atoms with Crippen LogP contribution in [0.3, 0.4) is 0 Å². The van der Waals surface area contributed by atoms with Gasteiger partial charge in [-0.1, -0.05) is 0 Å². The number of nitrogens with zero attached hydrogens (tertiary/aromatic N) is 2. The standard InChI is InChI=1S/C23H23FN4O3S/c1-14-11-20-16(13-21(14)32(29,30)23(2)6-9-31-10-7-23)18(5-8-25-20)26-22-17-12-15(24)3-4-19(17)27-28-22/h3-5,8,11-13H,6-7,9-10H2,1-2H3,(H2,25,26,27,28). The first-order valence-electron chi connectivity index (χ1n) is 10.4. The summed E-state index contributed by atoms with van der Waals surface area (Å²) in [5.74, 6) is 0.0867. The van der Waals surface area contributed by atoms with Crippen molar-refractivity contribution in [2.24, 2.45) is 0 Å². The van der Waals surface area contributed by atoms with E-state index in [2.05, 4.69) is 20.5 Å². The fourth-order valence-corrected chi connectivity index (χ4v) is 6.21. The van der Waals surface area contributed by atoms with Crippen LogP contribution in [-0.4, -0.2) is 41.6 Å². The van der Waals surface area contributed by atoms with Crippen molar-refractivity contribution in [2.45, 2.75) is 36.3 Å². The number of benzene rings is 2. The zero-order valence-electron chi connectivity index (χ0n) is 17.8. The highest BCUT2D eigenvalue weighted by Crippen LogP contribution is 2.38. The quantitative estimate of drug-likeness (QED) is 0.466. The van der Waals surface area contributed by atoms with E-state index < -0.39 is 14.6 Å². The lowest BCUT2D eigenvalue weighted by molar-refractivity contribution is 0.0789. The van der Waals surface area contributed by atoms with E-state index in [1.165, 1.54) is 12.1 Å². The summed E-state index contributed by atoms with van der Waals surface area (Å²) in [4.78, 5) is 4.71. The minimum absolute atomic E-state index is 0.295. The number of hydrogen-bond acceptors (Lipinski definition) is 6. The molecule has 2 aromatic carbocycles. The number of aromatic nitrogens is 3. The van der Waals surface area contributed by atoms with Gasteiger partial charge in [0.1, 0.15) is 5.82 Å². The zero-order valence-corrected chi connectivity index (χ0v) is 18.6. The van der Waals surface area contributed by atoms with E-state index >= 15 is 0 Å². The van der Waals surface area contributed by atoms with Crippen molar-refractivity contribution < 1.29 is 17.5 Å². The van der Waals surface area contributed by atoms with Crippen molar-refractivity contribution in [1.82, 2.24) is 15.2 Å². The molecule has 7 nitrogen and oxygen atoms in total. The van der Waals surface area contributed by atoms with Crippen LogP contribution in [0.2, 0.25) is 0 Å². The van der Waals surface area contributed by atoms with Crippen LogP contribution in [0.5, 0.6) is 0 Å². The third-order valence-electron chi connectivity index (χ3n) is 6.30. The molecule has 166 valence electrons. The molecule has 0 bridgehead atoms. The first kappa shape index (κ1) is 20.8. The second kappa shape index (κ2) is 7.53. The fourth-order valence-electron chi connectivity index (χ4n) is 4.22. The first-order valence-corrected chi connectivity index (χ1v) is 11.9. The number of aryl methyl sites for hydroxylation is 1. The number of aromatic amines is 1. The number of fused-ring (bicyclic) bond motifs is 2. The fraction of sp³-hybridized carbons (Fsp3) is 0.304. The van der Waals surface area contributed by atoms with Gasteiger partial charge in [-0.05, 0) is 68.7 Å². The van der Waals surface area contributed by atoms with E-state index in [1.807, 2.05) is 0 Å². The normalized spacial score (nSPS) is 16.5. The van der Waals surface area contributed by atoms with E-state index in [9.17, 15) is 12.8 Å². The van der Waals surface area contributed by atoms with Gasteiger partial charge < -0.3 is 10.1 Å². The molecular weight excluding hydrogens is 431 g/mol. The molecule has 0 unspecified atom stereocenters. The Balaban J connectivity index is 1.63. The van der Waals surface area contributed by atoms with Crippen molar-refractivity contribution in [2.75, 3.05) is 18.5 Å².